The Morgan fingerprint density at radius 2 is 1.80 bits per heavy atom. The van der Waals surface area contributed by atoms with Gasteiger partial charge in [0.2, 0.25) is 11.8 Å². The molecule has 2 rings (SSSR count). The summed E-state index contributed by atoms with van der Waals surface area (Å²) in [5.74, 6) is -0.445. The normalized spacial score (nSPS) is 32.3. The molecule has 1 saturated heterocycles. The first-order chi connectivity index (χ1) is 7.13. The van der Waals surface area contributed by atoms with Gasteiger partial charge >= 0.3 is 0 Å². The zero-order valence-corrected chi connectivity index (χ0v) is 8.43. The Balaban J connectivity index is 2.10. The van der Waals surface area contributed by atoms with E-state index >= 15 is 0 Å². The van der Waals surface area contributed by atoms with Gasteiger partial charge in [-0.3, -0.25) is 14.5 Å². The number of fused-ring (bicyclic) bond motifs is 2. The van der Waals surface area contributed by atoms with Crippen LogP contribution in [0.1, 0.15) is 19.3 Å². The van der Waals surface area contributed by atoms with Crippen molar-refractivity contribution in [3.63, 3.8) is 0 Å². The number of imide groups is 1. The van der Waals surface area contributed by atoms with Gasteiger partial charge in [-0.25, -0.2) is 0 Å². The molecule has 15 heavy (non-hydrogen) atoms. The number of hydrogen-bond donors (Lipinski definition) is 2. The summed E-state index contributed by atoms with van der Waals surface area (Å²) >= 11 is 0. The maximum absolute atomic E-state index is 11.8. The summed E-state index contributed by atoms with van der Waals surface area (Å²) in [5.41, 5.74) is 0. The number of piperidine rings is 1. The highest BCUT2D eigenvalue weighted by Crippen LogP contribution is 2.37. The van der Waals surface area contributed by atoms with E-state index in [9.17, 15) is 14.7 Å². The number of rotatable bonds is 3. The number of likely N-dealkylation sites (tertiary alicyclic amines) is 1. The van der Waals surface area contributed by atoms with Gasteiger partial charge in [0.25, 0.3) is 0 Å². The zero-order valence-electron chi connectivity index (χ0n) is 8.43. The molecule has 1 heterocycles. The van der Waals surface area contributed by atoms with E-state index < -0.39 is 12.7 Å². The first-order valence-corrected chi connectivity index (χ1v) is 5.27. The minimum atomic E-state index is -1.02. The fourth-order valence-electron chi connectivity index (χ4n) is 2.43. The molecule has 0 aromatic carbocycles. The largest absolute Gasteiger partial charge is 0.394 e. The average Bonchev–Trinajstić information content (AvgIpc) is 2.68. The van der Waals surface area contributed by atoms with Gasteiger partial charge in [-0.15, -0.1) is 0 Å². The van der Waals surface area contributed by atoms with E-state index in [1.54, 1.807) is 0 Å². The second-order valence-electron chi connectivity index (χ2n) is 4.33. The van der Waals surface area contributed by atoms with E-state index in [1.807, 2.05) is 0 Å². The Bertz CT molecular complexity index is 269. The Hall–Kier alpha value is -0.940. The maximum atomic E-state index is 11.8. The van der Waals surface area contributed by atoms with Crippen LogP contribution in [0.2, 0.25) is 0 Å². The third-order valence-electron chi connectivity index (χ3n) is 3.27. The summed E-state index contributed by atoms with van der Waals surface area (Å²) < 4.78 is 0. The molecule has 0 spiro atoms. The molecule has 1 saturated carbocycles. The van der Waals surface area contributed by atoms with Crippen LogP contribution in [0, 0.1) is 11.8 Å². The first kappa shape index (κ1) is 10.6. The molecule has 3 atom stereocenters. The molecule has 5 nitrogen and oxygen atoms in total. The molecule has 5 heteroatoms. The fourth-order valence-corrected chi connectivity index (χ4v) is 2.43. The molecule has 2 fully saturated rings. The van der Waals surface area contributed by atoms with Gasteiger partial charge in [-0.1, -0.05) is 0 Å². The van der Waals surface area contributed by atoms with Gasteiger partial charge in [0, 0.05) is 11.8 Å². The lowest BCUT2D eigenvalue weighted by Crippen LogP contribution is -2.49. The molecular weight excluding hydrogens is 198 g/mol. The van der Waals surface area contributed by atoms with Crippen LogP contribution in [0.3, 0.4) is 0 Å². The smallest absolute Gasteiger partial charge is 0.232 e. The van der Waals surface area contributed by atoms with Crippen LogP contribution < -0.4 is 0 Å². The molecule has 84 valence electrons. The summed E-state index contributed by atoms with van der Waals surface area (Å²) in [6.07, 6.45) is 1.21. The highest BCUT2D eigenvalue weighted by molar-refractivity contribution is 6.00. The second kappa shape index (κ2) is 3.90. The van der Waals surface area contributed by atoms with Crippen molar-refractivity contribution in [1.82, 2.24) is 4.90 Å². The first-order valence-electron chi connectivity index (χ1n) is 5.27. The van der Waals surface area contributed by atoms with Crippen molar-refractivity contribution in [2.24, 2.45) is 11.8 Å². The number of β-amino-alcohol motifs (C(OH)–C–C–N with tert-alkyl or cyclic N) is 1. The standard InChI is InChI=1S/C10H15NO4/c12-5-8(13)4-11-9(14)6-1-2-7(3-6)10(11)15/h6-8,12-13H,1-5H2. The van der Waals surface area contributed by atoms with Gasteiger partial charge in [0.15, 0.2) is 0 Å². The molecule has 2 aliphatic rings. The van der Waals surface area contributed by atoms with E-state index in [1.165, 1.54) is 0 Å². The summed E-state index contributed by atoms with van der Waals surface area (Å²) in [4.78, 5) is 24.6. The van der Waals surface area contributed by atoms with E-state index in [4.69, 9.17) is 5.11 Å². The molecule has 0 radical (unpaired) electrons. The molecule has 1 aliphatic carbocycles. The van der Waals surface area contributed by atoms with E-state index in [0.717, 1.165) is 17.7 Å². The molecule has 2 amide bonds. The summed E-state index contributed by atoms with van der Waals surface area (Å²) in [5, 5.41) is 17.9. The lowest BCUT2D eigenvalue weighted by atomic mass is 9.97. The van der Waals surface area contributed by atoms with Crippen LogP contribution in [-0.2, 0) is 9.59 Å². The van der Waals surface area contributed by atoms with Crippen molar-refractivity contribution < 1.29 is 19.8 Å². The molecule has 2 N–H and O–H groups in total. The van der Waals surface area contributed by atoms with E-state index in [2.05, 4.69) is 0 Å². The second-order valence-corrected chi connectivity index (χ2v) is 4.33. The Labute approximate surface area is 87.7 Å². The zero-order chi connectivity index (χ0) is 11.0. The van der Waals surface area contributed by atoms with Crippen molar-refractivity contribution in [1.29, 1.82) is 0 Å². The van der Waals surface area contributed by atoms with Crippen molar-refractivity contribution >= 4 is 11.8 Å². The summed E-state index contributed by atoms with van der Waals surface area (Å²) in [6, 6.07) is 0. The minimum absolute atomic E-state index is 0.0430. The lowest BCUT2D eigenvalue weighted by molar-refractivity contribution is -0.154. The van der Waals surface area contributed by atoms with Crippen LogP contribution in [0.15, 0.2) is 0 Å². The lowest BCUT2D eigenvalue weighted by Gasteiger charge is -2.30. The number of nitrogens with zero attached hydrogens (tertiary/aromatic N) is 1. The number of carbonyl (C=O) groups excluding carboxylic acids is 2. The van der Waals surface area contributed by atoms with Crippen molar-refractivity contribution in [2.75, 3.05) is 13.2 Å². The number of amides is 2. The Morgan fingerprint density at radius 1 is 1.27 bits per heavy atom. The number of carbonyl (C=O) groups is 2. The van der Waals surface area contributed by atoms with Crippen molar-refractivity contribution in [3.8, 4) is 0 Å². The van der Waals surface area contributed by atoms with Gasteiger partial charge < -0.3 is 10.2 Å². The molecular formula is C10H15NO4. The van der Waals surface area contributed by atoms with E-state index in [-0.39, 0.29) is 30.2 Å². The van der Waals surface area contributed by atoms with Crippen molar-refractivity contribution in [3.05, 3.63) is 0 Å². The number of aliphatic hydroxyl groups excluding tert-OH is 2. The number of hydrogen-bond acceptors (Lipinski definition) is 4. The Morgan fingerprint density at radius 3 is 2.27 bits per heavy atom. The van der Waals surface area contributed by atoms with Gasteiger partial charge in [-0.2, -0.15) is 0 Å². The molecule has 1 aliphatic heterocycles. The summed E-state index contributed by atoms with van der Waals surface area (Å²) in [7, 11) is 0. The Kier molecular flexibility index (Phi) is 2.75. The molecule has 0 aromatic rings. The predicted molar refractivity (Wildman–Crippen MR) is 50.6 cm³/mol. The van der Waals surface area contributed by atoms with Gasteiger partial charge in [0.1, 0.15) is 0 Å². The molecule has 0 aromatic heterocycles. The highest BCUT2D eigenvalue weighted by atomic mass is 16.3. The van der Waals surface area contributed by atoms with Gasteiger partial charge in [-0.05, 0) is 19.3 Å². The topological polar surface area (TPSA) is 77.8 Å². The van der Waals surface area contributed by atoms with E-state index in [0.29, 0.717) is 6.42 Å². The van der Waals surface area contributed by atoms with Gasteiger partial charge in [0.05, 0.1) is 19.3 Å². The molecule has 2 bridgehead atoms. The van der Waals surface area contributed by atoms with Crippen LogP contribution in [-0.4, -0.2) is 46.2 Å². The number of aliphatic hydroxyl groups is 2. The average molecular weight is 213 g/mol. The summed E-state index contributed by atoms with van der Waals surface area (Å²) in [6.45, 7) is -0.492. The highest BCUT2D eigenvalue weighted by Gasteiger charge is 2.45. The maximum Gasteiger partial charge on any atom is 0.232 e. The third kappa shape index (κ3) is 1.77. The SMILES string of the molecule is O=C1C2CCC(C2)C(=O)N1CC(O)CO. The fraction of sp³-hybridized carbons (Fsp3) is 0.800. The predicted octanol–water partition coefficient (Wildman–Crippen LogP) is -0.875. The third-order valence-corrected chi connectivity index (χ3v) is 3.27. The van der Waals surface area contributed by atoms with Crippen LogP contribution in [0.4, 0.5) is 0 Å². The quantitative estimate of drug-likeness (QED) is 0.597. The van der Waals surface area contributed by atoms with Crippen LogP contribution >= 0.6 is 0 Å². The van der Waals surface area contributed by atoms with Crippen LogP contribution in [0.5, 0.6) is 0 Å². The van der Waals surface area contributed by atoms with Crippen molar-refractivity contribution in [2.45, 2.75) is 25.4 Å². The minimum Gasteiger partial charge on any atom is -0.394 e. The molecule has 3 unspecified atom stereocenters. The van der Waals surface area contributed by atoms with Crippen LogP contribution in [0.25, 0.3) is 0 Å². The monoisotopic (exact) mass is 213 g/mol.